The molecule has 3 nitrogen and oxygen atoms in total. The third kappa shape index (κ3) is 5.87. The van der Waals surface area contributed by atoms with Gasteiger partial charge in [0.25, 0.3) is 0 Å². The summed E-state index contributed by atoms with van der Waals surface area (Å²) in [6.07, 6.45) is 0.829. The van der Waals surface area contributed by atoms with Crippen molar-refractivity contribution in [3.63, 3.8) is 0 Å². The molecule has 0 aromatic heterocycles. The smallest absolute Gasteiger partial charge is 0.311 e. The molecule has 1 N–H and O–H groups in total. The van der Waals surface area contributed by atoms with Crippen LogP contribution < -0.4 is 0 Å². The standard InChI is InChI=1S/C2H4O3S2/c1-2-5-7(3,4)6/h2H,1H2,(H,3,4,6). The molecule has 0 aliphatic carbocycles. The fourth-order valence-corrected chi connectivity index (χ4v) is 0.425. The van der Waals surface area contributed by atoms with Crippen LogP contribution in [0.25, 0.3) is 0 Å². The highest BCUT2D eigenvalue weighted by Crippen LogP contribution is 1.83. The van der Waals surface area contributed by atoms with Gasteiger partial charge in [-0.05, 0) is 0 Å². The van der Waals surface area contributed by atoms with Crippen LogP contribution in [0.3, 0.4) is 0 Å². The zero-order chi connectivity index (χ0) is 5.91. The molecule has 0 aliphatic heterocycles. The van der Waals surface area contributed by atoms with E-state index in [4.69, 9.17) is 4.55 Å². The molecule has 1 unspecified atom stereocenters. The van der Waals surface area contributed by atoms with Crippen LogP contribution in [-0.4, -0.2) is 8.76 Å². The minimum atomic E-state index is -3.46. The lowest BCUT2D eigenvalue weighted by Crippen LogP contribution is -1.93. The van der Waals surface area contributed by atoms with Crippen molar-refractivity contribution in [2.45, 2.75) is 0 Å². The summed E-state index contributed by atoms with van der Waals surface area (Å²) in [5.74, 6) is 0. The maximum absolute atomic E-state index is 9.86. The van der Waals surface area contributed by atoms with Crippen LogP contribution in [0, 0.1) is 0 Å². The fraction of sp³-hybridized carbons (Fsp3) is 0. The lowest BCUT2D eigenvalue weighted by Gasteiger charge is -1.91. The number of hydrogen-bond acceptors (Lipinski definition) is 3. The maximum Gasteiger partial charge on any atom is 0.311 e. The Hall–Kier alpha value is -0.130. The molecule has 0 radical (unpaired) electrons. The normalized spacial score (nSPS) is 17.3. The molecule has 0 aromatic carbocycles. The van der Waals surface area contributed by atoms with Gasteiger partial charge in [-0.1, -0.05) is 6.58 Å². The summed E-state index contributed by atoms with van der Waals surface area (Å²) in [7, 11) is -3.46. The average Bonchev–Trinajstić information content (AvgIpc) is 1.30. The molecular weight excluding hydrogens is 136 g/mol. The fourth-order valence-electron chi connectivity index (χ4n) is 0.0860. The van der Waals surface area contributed by atoms with Crippen molar-refractivity contribution < 1.29 is 12.9 Å². The largest absolute Gasteiger partial charge is 0.390 e. The van der Waals surface area contributed by atoms with Gasteiger partial charge in [0.1, 0.15) is 0 Å². The monoisotopic (exact) mass is 140 g/mol. The summed E-state index contributed by atoms with van der Waals surface area (Å²) in [5, 5.41) is 0. The van der Waals surface area contributed by atoms with Crippen molar-refractivity contribution >= 4 is 20.2 Å². The van der Waals surface area contributed by atoms with Gasteiger partial charge in [0.05, 0.1) is 17.5 Å². The van der Waals surface area contributed by atoms with Gasteiger partial charge in [0.15, 0.2) is 0 Å². The molecule has 0 amide bonds. The predicted octanol–water partition coefficient (Wildman–Crippen LogP) is 0.281. The van der Waals surface area contributed by atoms with E-state index in [1.54, 1.807) is 0 Å². The minimum absolute atomic E-state index is 0.829. The Morgan fingerprint density at radius 2 is 2.43 bits per heavy atom. The molecule has 0 saturated carbocycles. The highest BCUT2D eigenvalue weighted by Gasteiger charge is 1.90. The van der Waals surface area contributed by atoms with Gasteiger partial charge in [-0.15, -0.1) is 0 Å². The van der Waals surface area contributed by atoms with Crippen molar-refractivity contribution in [3.05, 3.63) is 12.8 Å². The van der Waals surface area contributed by atoms with Crippen molar-refractivity contribution in [1.29, 1.82) is 0 Å². The lowest BCUT2D eigenvalue weighted by molar-refractivity contribution is 0.417. The van der Waals surface area contributed by atoms with Gasteiger partial charge in [-0.3, -0.25) is 4.55 Å². The van der Waals surface area contributed by atoms with Crippen LogP contribution in [0.15, 0.2) is 12.8 Å². The Morgan fingerprint density at radius 3 is 2.43 bits per heavy atom. The van der Waals surface area contributed by atoms with E-state index in [0.717, 1.165) is 6.26 Å². The molecular formula is C2H4O3S2. The zero-order valence-electron chi connectivity index (χ0n) is 3.36. The van der Waals surface area contributed by atoms with Crippen molar-refractivity contribution in [1.82, 2.24) is 0 Å². The summed E-state index contributed by atoms with van der Waals surface area (Å²) in [4.78, 5) is 0. The maximum atomic E-state index is 9.86. The Balaban J connectivity index is 3.84. The first-order valence-electron chi connectivity index (χ1n) is 1.33. The second kappa shape index (κ2) is 2.25. The molecule has 0 saturated heterocycles. The summed E-state index contributed by atoms with van der Waals surface area (Å²) < 4.78 is 21.8. The van der Waals surface area contributed by atoms with E-state index in [1.807, 2.05) is 0 Å². The molecule has 0 spiro atoms. The van der Waals surface area contributed by atoms with Gasteiger partial charge in [0, 0.05) is 0 Å². The molecule has 42 valence electrons. The Bertz CT molecular complexity index is 144. The van der Waals surface area contributed by atoms with Crippen LogP contribution >= 0.6 is 0 Å². The van der Waals surface area contributed by atoms with E-state index in [1.165, 1.54) is 0 Å². The second-order valence-corrected chi connectivity index (χ2v) is 3.00. The van der Waals surface area contributed by atoms with E-state index in [-0.39, 0.29) is 0 Å². The number of hydrogen-bond donors (Lipinski definition) is 1. The molecule has 0 rings (SSSR count). The minimum Gasteiger partial charge on any atom is -0.390 e. The van der Waals surface area contributed by atoms with E-state index < -0.39 is 9.05 Å². The van der Waals surface area contributed by atoms with Gasteiger partial charge in [0.2, 0.25) is 0 Å². The van der Waals surface area contributed by atoms with Crippen LogP contribution in [0.5, 0.6) is 0 Å². The highest BCUT2D eigenvalue weighted by atomic mass is 32.9. The first kappa shape index (κ1) is 6.87. The molecule has 0 heterocycles. The topological polar surface area (TPSA) is 46.5 Å². The van der Waals surface area contributed by atoms with Crippen LogP contribution in [0.4, 0.5) is 0 Å². The van der Waals surface area contributed by atoms with Crippen molar-refractivity contribution in [3.8, 4) is 0 Å². The molecule has 0 aromatic rings. The first-order valence-corrected chi connectivity index (χ1v) is 3.69. The van der Waals surface area contributed by atoms with Gasteiger partial charge in [-0.25, -0.2) is 0 Å². The lowest BCUT2D eigenvalue weighted by atomic mass is 11.2. The van der Waals surface area contributed by atoms with E-state index in [2.05, 4.69) is 22.0 Å². The van der Waals surface area contributed by atoms with Gasteiger partial charge < -0.3 is 4.18 Å². The highest BCUT2D eigenvalue weighted by molar-refractivity contribution is 8.27. The summed E-state index contributed by atoms with van der Waals surface area (Å²) in [6.45, 7) is 3.02. The molecule has 0 aliphatic rings. The Morgan fingerprint density at radius 1 is 2.00 bits per heavy atom. The quantitative estimate of drug-likeness (QED) is 0.560. The predicted molar refractivity (Wildman–Crippen MR) is 29.4 cm³/mol. The van der Waals surface area contributed by atoms with Crippen LogP contribution in [-0.2, 0) is 24.4 Å². The third-order valence-corrected chi connectivity index (χ3v) is 0.805. The SMILES string of the molecule is C=COS(=O)(O)=S. The van der Waals surface area contributed by atoms with Crippen molar-refractivity contribution in [2.75, 3.05) is 0 Å². The molecule has 1 atom stereocenters. The molecule has 5 heteroatoms. The van der Waals surface area contributed by atoms with Gasteiger partial charge >= 0.3 is 9.05 Å². The molecule has 0 bridgehead atoms. The summed E-state index contributed by atoms with van der Waals surface area (Å²) in [6, 6.07) is 0. The zero-order valence-corrected chi connectivity index (χ0v) is 5.00. The summed E-state index contributed by atoms with van der Waals surface area (Å²) >= 11 is 3.87. The van der Waals surface area contributed by atoms with E-state index in [0.29, 0.717) is 0 Å². The summed E-state index contributed by atoms with van der Waals surface area (Å²) in [5.41, 5.74) is 0. The third-order valence-electron chi connectivity index (χ3n) is 0.190. The Kier molecular flexibility index (Phi) is 2.21. The average molecular weight is 140 g/mol. The first-order chi connectivity index (χ1) is 3.06. The van der Waals surface area contributed by atoms with Crippen LogP contribution in [0.1, 0.15) is 0 Å². The second-order valence-electron chi connectivity index (χ2n) is 0.691. The van der Waals surface area contributed by atoms with Gasteiger partial charge in [-0.2, -0.15) is 4.21 Å². The molecule has 7 heavy (non-hydrogen) atoms. The van der Waals surface area contributed by atoms with E-state index >= 15 is 0 Å². The van der Waals surface area contributed by atoms with Crippen molar-refractivity contribution in [2.24, 2.45) is 0 Å². The van der Waals surface area contributed by atoms with E-state index in [9.17, 15) is 4.21 Å². The van der Waals surface area contributed by atoms with Crippen LogP contribution in [0.2, 0.25) is 0 Å². The number of rotatable bonds is 2. The Labute approximate surface area is 46.7 Å². The molecule has 0 fully saturated rings.